The van der Waals surface area contributed by atoms with Crippen LogP contribution in [-0.2, 0) is 4.74 Å². The summed E-state index contributed by atoms with van der Waals surface area (Å²) in [5.41, 5.74) is 4.65. The van der Waals surface area contributed by atoms with Crippen LogP contribution in [0.4, 0.5) is 0 Å². The molecule has 2 aliphatic carbocycles. The second kappa shape index (κ2) is 18.4. The lowest BCUT2D eigenvalue weighted by Gasteiger charge is -2.42. The zero-order valence-corrected chi connectivity index (χ0v) is 41.5. The van der Waals surface area contributed by atoms with E-state index in [0.717, 1.165) is 0 Å². The Labute approximate surface area is 449 Å². The Morgan fingerprint density at radius 2 is 0.734 bits per heavy atom. The standard InChI is InChI=1S/C62H52O17/c63-24-44-56(74)57(75)58(76)62(78-44)55-42(73)23-39-51(46(26-3-11-30(65)12-4-26)48-37(18-34(69)21-41(48)72)53-54(39)61(55)79-60(53)28-7-15-32(67)16-8-28)50-38-19-35(70)22-43-49(38)52(59(77-43)27-5-13-31(66)14-6-27)36-17-33(68)20-40(71)47(36)45(50)25-1-9-29(64)10-2-25/h1-23,44-46,50-53,56-60,62-76H,24H2/t44-,45-,46-,50+,51+,52-,53-,56-,57+,58-,59+,60+,62+/m1/s1. The number of ether oxygens (including phenoxy) is 3. The van der Waals surface area contributed by atoms with E-state index in [4.69, 9.17) is 14.2 Å². The number of phenols is 10. The first-order valence-electron chi connectivity index (χ1n) is 25.7. The van der Waals surface area contributed by atoms with Gasteiger partial charge in [-0.15, -0.1) is 0 Å². The highest BCUT2D eigenvalue weighted by atomic mass is 16.5. The molecule has 1 saturated heterocycles. The van der Waals surface area contributed by atoms with Crippen molar-refractivity contribution in [1.82, 2.24) is 0 Å². The molecule has 402 valence electrons. The zero-order chi connectivity index (χ0) is 55.0. The van der Waals surface area contributed by atoms with Gasteiger partial charge in [0.2, 0.25) is 0 Å². The number of hydrogen-bond acceptors (Lipinski definition) is 17. The zero-order valence-electron chi connectivity index (χ0n) is 41.5. The monoisotopic (exact) mass is 1070 g/mol. The van der Waals surface area contributed by atoms with Gasteiger partial charge in [0, 0.05) is 64.1 Å². The second-order valence-corrected chi connectivity index (χ2v) is 21.2. The van der Waals surface area contributed by atoms with Crippen LogP contribution in [0.25, 0.3) is 0 Å². The Morgan fingerprint density at radius 3 is 1.22 bits per heavy atom. The molecule has 17 heteroatoms. The topological polar surface area (TPSA) is 311 Å². The lowest BCUT2D eigenvalue weighted by molar-refractivity contribution is -0.232. The van der Waals surface area contributed by atoms with Crippen LogP contribution in [0.2, 0.25) is 0 Å². The van der Waals surface area contributed by atoms with E-state index in [2.05, 4.69) is 0 Å². The number of hydrogen-bond donors (Lipinski definition) is 14. The number of phenolic OH excluding ortho intramolecular Hbond substituents is 10. The Morgan fingerprint density at radius 1 is 0.329 bits per heavy atom. The summed E-state index contributed by atoms with van der Waals surface area (Å²) in [5.74, 6) is -8.75. The number of rotatable bonds is 7. The average Bonchev–Trinajstić information content (AvgIpc) is 2.92. The van der Waals surface area contributed by atoms with Crippen LogP contribution < -0.4 is 9.47 Å². The van der Waals surface area contributed by atoms with Gasteiger partial charge in [-0.2, -0.15) is 0 Å². The summed E-state index contributed by atoms with van der Waals surface area (Å²) < 4.78 is 20.2. The Kier molecular flexibility index (Phi) is 11.6. The van der Waals surface area contributed by atoms with Gasteiger partial charge < -0.3 is 85.7 Å². The molecule has 0 aromatic heterocycles. The van der Waals surface area contributed by atoms with E-state index in [-0.39, 0.29) is 79.9 Å². The third kappa shape index (κ3) is 7.71. The maximum atomic E-state index is 13.0. The van der Waals surface area contributed by atoms with Gasteiger partial charge in [0.25, 0.3) is 0 Å². The molecule has 14 N–H and O–H groups in total. The van der Waals surface area contributed by atoms with Crippen LogP contribution in [0.3, 0.4) is 0 Å². The highest BCUT2D eigenvalue weighted by Crippen LogP contribution is 2.70. The first-order chi connectivity index (χ1) is 38.0. The van der Waals surface area contributed by atoms with Gasteiger partial charge in [-0.05, 0) is 117 Å². The minimum Gasteiger partial charge on any atom is -0.508 e. The smallest absolute Gasteiger partial charge is 0.135 e. The van der Waals surface area contributed by atoms with E-state index in [1.807, 2.05) is 0 Å². The molecule has 79 heavy (non-hydrogen) atoms. The van der Waals surface area contributed by atoms with Gasteiger partial charge in [0.1, 0.15) is 112 Å². The van der Waals surface area contributed by atoms with Crippen LogP contribution in [0.5, 0.6) is 69.0 Å². The first kappa shape index (κ1) is 49.7. The average molecular weight is 1070 g/mol. The van der Waals surface area contributed by atoms with Crippen molar-refractivity contribution in [3.8, 4) is 69.0 Å². The van der Waals surface area contributed by atoms with Gasteiger partial charge >= 0.3 is 0 Å². The van der Waals surface area contributed by atoms with Crippen molar-refractivity contribution in [3.63, 3.8) is 0 Å². The highest BCUT2D eigenvalue weighted by molar-refractivity contribution is 5.72. The molecule has 0 bridgehead atoms. The molecule has 13 atom stereocenters. The fourth-order valence-electron chi connectivity index (χ4n) is 13.7. The van der Waals surface area contributed by atoms with Crippen molar-refractivity contribution in [2.24, 2.45) is 0 Å². The van der Waals surface area contributed by atoms with Gasteiger partial charge in [-0.25, -0.2) is 0 Å². The number of fused-ring (bicyclic) bond motifs is 4. The van der Waals surface area contributed by atoms with E-state index in [1.165, 1.54) is 84.9 Å². The van der Waals surface area contributed by atoms with Crippen LogP contribution in [0, 0.1) is 0 Å². The SMILES string of the molecule is OC[C@H]1O[C@@H](c2c(O)cc3c4c2O[C@@H](c2ccc(O)cc2)[C@@H]4c2cc(O)cc(O)c2[C@@H](c2ccc(O)cc2)[C@H]3[C@H]2c3cc(O)cc4c3[C@@H](c3cc(O)cc(O)c3[C@H]2c2ccc(O)cc2)[C@H](c2ccc(O)cc2)O4)[C@H](O)[C@@H](O)[C@@H]1O. The lowest BCUT2D eigenvalue weighted by atomic mass is 9.62. The summed E-state index contributed by atoms with van der Waals surface area (Å²) in [6, 6.07) is 35.0. The molecule has 8 aromatic carbocycles. The molecule has 0 amide bonds. The Hall–Kier alpha value is -8.84. The van der Waals surface area contributed by atoms with E-state index in [0.29, 0.717) is 55.6 Å². The first-order valence-corrected chi connectivity index (χ1v) is 25.7. The summed E-state index contributed by atoms with van der Waals surface area (Å²) in [6.45, 7) is -0.802. The summed E-state index contributed by atoms with van der Waals surface area (Å²) in [5, 5.41) is 161. The van der Waals surface area contributed by atoms with Gasteiger partial charge in [-0.3, -0.25) is 0 Å². The lowest BCUT2D eigenvalue weighted by Crippen LogP contribution is -2.55. The summed E-state index contributed by atoms with van der Waals surface area (Å²) in [6.07, 6.45) is -10.8. The normalized spacial score (nSPS) is 27.1. The van der Waals surface area contributed by atoms with E-state index < -0.39 is 90.6 Å². The molecule has 0 unspecified atom stereocenters. The molecule has 0 radical (unpaired) electrons. The van der Waals surface area contributed by atoms with Gasteiger partial charge in [-0.1, -0.05) is 48.5 Å². The summed E-state index contributed by atoms with van der Waals surface area (Å²) in [4.78, 5) is 0. The second-order valence-electron chi connectivity index (χ2n) is 21.2. The van der Waals surface area contributed by atoms with Gasteiger partial charge in [0.05, 0.1) is 24.0 Å². The Balaban J connectivity index is 1.21. The third-order valence-corrected chi connectivity index (χ3v) is 16.8. The fraction of sp³-hybridized carbons (Fsp3) is 0.226. The fourth-order valence-corrected chi connectivity index (χ4v) is 13.7. The molecule has 1 fully saturated rings. The minimum absolute atomic E-state index is 0.0182. The van der Waals surface area contributed by atoms with Crippen molar-refractivity contribution in [2.45, 2.75) is 78.2 Å². The van der Waals surface area contributed by atoms with E-state index >= 15 is 0 Å². The molecular weight excluding hydrogens is 1020 g/mol. The predicted molar refractivity (Wildman–Crippen MR) is 280 cm³/mol. The maximum absolute atomic E-state index is 13.0. The van der Waals surface area contributed by atoms with Crippen molar-refractivity contribution < 1.29 is 85.7 Å². The summed E-state index contributed by atoms with van der Waals surface area (Å²) in [7, 11) is 0. The van der Waals surface area contributed by atoms with E-state index in [1.54, 1.807) is 54.6 Å². The van der Waals surface area contributed by atoms with Crippen molar-refractivity contribution in [2.75, 3.05) is 6.61 Å². The van der Waals surface area contributed by atoms with Crippen LogP contribution in [0.15, 0.2) is 140 Å². The van der Waals surface area contributed by atoms with Gasteiger partial charge in [0.15, 0.2) is 0 Å². The number of aliphatic hydroxyl groups is 4. The molecule has 3 heterocycles. The molecule has 3 aliphatic heterocycles. The molecule has 0 saturated carbocycles. The molecule has 13 rings (SSSR count). The maximum Gasteiger partial charge on any atom is 0.135 e. The van der Waals surface area contributed by atoms with E-state index in [9.17, 15) is 71.5 Å². The highest BCUT2D eigenvalue weighted by Gasteiger charge is 2.57. The third-order valence-electron chi connectivity index (χ3n) is 16.8. The van der Waals surface area contributed by atoms with Crippen LogP contribution in [0.1, 0.15) is 126 Å². The number of benzene rings is 8. The van der Waals surface area contributed by atoms with Crippen LogP contribution >= 0.6 is 0 Å². The predicted octanol–water partition coefficient (Wildman–Crippen LogP) is 7.95. The number of aromatic hydroxyl groups is 10. The van der Waals surface area contributed by atoms with Crippen molar-refractivity contribution in [1.29, 1.82) is 0 Å². The minimum atomic E-state index is -1.93. The summed E-state index contributed by atoms with van der Waals surface area (Å²) >= 11 is 0. The van der Waals surface area contributed by atoms with Crippen LogP contribution in [-0.4, -0.2) is 103 Å². The Bertz CT molecular complexity index is 3710. The van der Waals surface area contributed by atoms with Crippen molar-refractivity contribution in [3.05, 3.63) is 212 Å². The molecule has 5 aliphatic rings. The molecule has 0 spiro atoms. The quantitative estimate of drug-likeness (QED) is 0.0720. The number of aliphatic hydroxyl groups excluding tert-OH is 4. The molecule has 8 aromatic rings. The molecular formula is C62H52O17. The largest absolute Gasteiger partial charge is 0.508 e. The molecule has 17 nitrogen and oxygen atoms in total. The van der Waals surface area contributed by atoms with Crippen molar-refractivity contribution >= 4 is 0 Å².